The molecular weight excluding hydrogens is 248 g/mol. The van der Waals surface area contributed by atoms with Crippen molar-refractivity contribution in [3.8, 4) is 5.88 Å². The fraction of sp³-hybridized carbons (Fsp3) is 0.222. The third-order valence-electron chi connectivity index (χ3n) is 2.00. The Labute approximate surface area is 89.0 Å². The van der Waals surface area contributed by atoms with Crippen LogP contribution in [0.5, 0.6) is 5.88 Å². The topological polar surface area (TPSA) is 57.8 Å². The second-order valence-electron chi connectivity index (χ2n) is 2.90. The molecule has 0 spiro atoms. The molecule has 0 fully saturated rings. The van der Waals surface area contributed by atoms with E-state index in [0.717, 1.165) is 5.52 Å². The molecule has 0 aliphatic rings. The first-order chi connectivity index (χ1) is 6.74. The Balaban J connectivity index is 2.72. The lowest BCUT2D eigenvalue weighted by molar-refractivity contribution is 0.295. The molecular formula is C9H9BrN2O2. The van der Waals surface area contributed by atoms with Gasteiger partial charge in [0.1, 0.15) is 10.4 Å². The van der Waals surface area contributed by atoms with Crippen LogP contribution in [0.1, 0.15) is 5.82 Å². The van der Waals surface area contributed by atoms with E-state index >= 15 is 0 Å². The number of aromatic hydroxyl groups is 1. The molecule has 0 saturated carbocycles. The highest BCUT2D eigenvalue weighted by Crippen LogP contribution is 2.23. The number of hydrogen-bond donors (Lipinski definition) is 2. The molecule has 2 aromatic rings. The van der Waals surface area contributed by atoms with E-state index in [1.165, 1.54) is 0 Å². The number of nitrogens with zero attached hydrogens (tertiary/aromatic N) is 2. The summed E-state index contributed by atoms with van der Waals surface area (Å²) in [5, 5.41) is 18.4. The van der Waals surface area contributed by atoms with Gasteiger partial charge in [0.15, 0.2) is 5.88 Å². The van der Waals surface area contributed by atoms with Crippen LogP contribution in [0.25, 0.3) is 5.52 Å². The molecule has 5 heteroatoms. The first-order valence-corrected chi connectivity index (χ1v) is 4.99. The van der Waals surface area contributed by atoms with Crippen molar-refractivity contribution in [2.24, 2.45) is 0 Å². The zero-order chi connectivity index (χ0) is 10.1. The predicted octanol–water partition coefficient (Wildman–Crippen LogP) is 1.34. The van der Waals surface area contributed by atoms with Gasteiger partial charge in [0, 0.05) is 6.42 Å². The number of pyridine rings is 1. The second kappa shape index (κ2) is 3.59. The van der Waals surface area contributed by atoms with Gasteiger partial charge >= 0.3 is 0 Å². The van der Waals surface area contributed by atoms with Gasteiger partial charge in [-0.15, -0.1) is 0 Å². The number of imidazole rings is 1. The fourth-order valence-electron chi connectivity index (χ4n) is 1.42. The van der Waals surface area contributed by atoms with Crippen molar-refractivity contribution in [1.82, 2.24) is 9.38 Å². The molecule has 0 amide bonds. The lowest BCUT2D eigenvalue weighted by Crippen LogP contribution is -1.98. The van der Waals surface area contributed by atoms with E-state index in [-0.39, 0.29) is 12.5 Å². The van der Waals surface area contributed by atoms with Crippen LogP contribution in [-0.2, 0) is 6.42 Å². The molecule has 74 valence electrons. The molecule has 0 atom stereocenters. The van der Waals surface area contributed by atoms with Crippen LogP contribution in [0.4, 0.5) is 0 Å². The van der Waals surface area contributed by atoms with E-state index in [9.17, 15) is 5.11 Å². The van der Waals surface area contributed by atoms with Crippen molar-refractivity contribution in [3.63, 3.8) is 0 Å². The van der Waals surface area contributed by atoms with Gasteiger partial charge in [0.2, 0.25) is 0 Å². The third kappa shape index (κ3) is 1.38. The highest BCUT2D eigenvalue weighted by molar-refractivity contribution is 9.10. The average Bonchev–Trinajstić information content (AvgIpc) is 2.46. The Morgan fingerprint density at radius 3 is 2.93 bits per heavy atom. The third-order valence-corrected chi connectivity index (χ3v) is 2.59. The maximum atomic E-state index is 9.61. The second-order valence-corrected chi connectivity index (χ2v) is 3.65. The summed E-state index contributed by atoms with van der Waals surface area (Å²) in [4.78, 5) is 4.20. The molecule has 2 N–H and O–H groups in total. The summed E-state index contributed by atoms with van der Waals surface area (Å²) < 4.78 is 2.29. The summed E-state index contributed by atoms with van der Waals surface area (Å²) in [5.41, 5.74) is 0.799. The molecule has 0 aliphatic carbocycles. The van der Waals surface area contributed by atoms with Crippen LogP contribution in [0, 0.1) is 0 Å². The van der Waals surface area contributed by atoms with E-state index in [1.54, 1.807) is 16.5 Å². The van der Waals surface area contributed by atoms with Crippen LogP contribution in [0.15, 0.2) is 22.8 Å². The first kappa shape index (κ1) is 9.48. The molecule has 0 aromatic carbocycles. The van der Waals surface area contributed by atoms with Gasteiger partial charge in [-0.05, 0) is 28.1 Å². The molecule has 2 rings (SSSR count). The number of aromatic nitrogens is 2. The van der Waals surface area contributed by atoms with E-state index in [1.807, 2.05) is 6.07 Å². The highest BCUT2D eigenvalue weighted by atomic mass is 79.9. The Bertz CT molecular complexity index is 467. The number of aliphatic hydroxyl groups is 1. The summed E-state index contributed by atoms with van der Waals surface area (Å²) in [5.74, 6) is 0.775. The molecule has 0 saturated heterocycles. The summed E-state index contributed by atoms with van der Waals surface area (Å²) in [7, 11) is 0. The normalized spacial score (nSPS) is 11.0. The van der Waals surface area contributed by atoms with Crippen LogP contribution in [-0.4, -0.2) is 26.2 Å². The molecule has 2 aromatic heterocycles. The van der Waals surface area contributed by atoms with Crippen molar-refractivity contribution in [3.05, 3.63) is 28.6 Å². The fourth-order valence-corrected chi connectivity index (χ4v) is 1.93. The van der Waals surface area contributed by atoms with Crippen molar-refractivity contribution in [2.75, 3.05) is 6.61 Å². The van der Waals surface area contributed by atoms with Crippen LogP contribution >= 0.6 is 15.9 Å². The number of hydrogen-bond acceptors (Lipinski definition) is 3. The summed E-state index contributed by atoms with van der Waals surface area (Å²) in [6.07, 6.45) is 0.421. The van der Waals surface area contributed by atoms with E-state index < -0.39 is 0 Å². The number of aliphatic hydroxyl groups excluding tert-OH is 1. The minimum absolute atomic E-state index is 0.0138. The van der Waals surface area contributed by atoms with Gasteiger partial charge in [0.25, 0.3) is 0 Å². The minimum Gasteiger partial charge on any atom is -0.494 e. The molecule has 4 nitrogen and oxygen atoms in total. The van der Waals surface area contributed by atoms with Crippen LogP contribution in [0.2, 0.25) is 0 Å². The molecule has 2 heterocycles. The summed E-state index contributed by atoms with van der Waals surface area (Å²) in [6, 6.07) is 5.18. The number of fused-ring (bicyclic) bond motifs is 1. The van der Waals surface area contributed by atoms with Crippen molar-refractivity contribution >= 4 is 21.4 Å². The molecule has 0 aliphatic heterocycles. The monoisotopic (exact) mass is 256 g/mol. The van der Waals surface area contributed by atoms with Gasteiger partial charge in [-0.3, -0.25) is 4.40 Å². The number of rotatable bonds is 2. The van der Waals surface area contributed by atoms with Gasteiger partial charge < -0.3 is 10.2 Å². The smallest absolute Gasteiger partial charge is 0.197 e. The summed E-state index contributed by atoms with van der Waals surface area (Å²) in [6.45, 7) is 0.0138. The zero-order valence-corrected chi connectivity index (χ0v) is 8.90. The minimum atomic E-state index is 0.0138. The molecule has 0 unspecified atom stereocenters. The standard InChI is InChI=1S/C9H9BrN2O2/c10-9-6-2-1-3-8(14)12(6)7(11-9)4-5-13/h1-3,13-14H,4-5H2. The van der Waals surface area contributed by atoms with Gasteiger partial charge in [-0.1, -0.05) is 6.07 Å². The zero-order valence-electron chi connectivity index (χ0n) is 7.31. The Hall–Kier alpha value is -1.07. The van der Waals surface area contributed by atoms with Crippen molar-refractivity contribution in [2.45, 2.75) is 6.42 Å². The molecule has 0 radical (unpaired) electrons. The van der Waals surface area contributed by atoms with Gasteiger partial charge in [-0.25, -0.2) is 4.98 Å². The van der Waals surface area contributed by atoms with E-state index in [4.69, 9.17) is 5.11 Å². The molecule has 0 bridgehead atoms. The average molecular weight is 257 g/mol. The Morgan fingerprint density at radius 1 is 1.43 bits per heavy atom. The van der Waals surface area contributed by atoms with Crippen LogP contribution < -0.4 is 0 Å². The van der Waals surface area contributed by atoms with Gasteiger partial charge in [0.05, 0.1) is 12.1 Å². The lowest BCUT2D eigenvalue weighted by Gasteiger charge is -2.01. The lowest BCUT2D eigenvalue weighted by atomic mass is 10.4. The van der Waals surface area contributed by atoms with E-state index in [2.05, 4.69) is 20.9 Å². The van der Waals surface area contributed by atoms with Crippen molar-refractivity contribution < 1.29 is 10.2 Å². The summed E-state index contributed by atoms with van der Waals surface area (Å²) >= 11 is 3.30. The predicted molar refractivity (Wildman–Crippen MR) is 55.3 cm³/mol. The molecule has 14 heavy (non-hydrogen) atoms. The van der Waals surface area contributed by atoms with Crippen molar-refractivity contribution in [1.29, 1.82) is 0 Å². The van der Waals surface area contributed by atoms with E-state index in [0.29, 0.717) is 16.8 Å². The largest absolute Gasteiger partial charge is 0.494 e. The maximum absolute atomic E-state index is 9.61. The quantitative estimate of drug-likeness (QED) is 0.853. The van der Waals surface area contributed by atoms with Gasteiger partial charge in [-0.2, -0.15) is 0 Å². The van der Waals surface area contributed by atoms with Crippen LogP contribution in [0.3, 0.4) is 0 Å². The first-order valence-electron chi connectivity index (χ1n) is 4.19. The highest BCUT2D eigenvalue weighted by Gasteiger charge is 2.10. The number of halogens is 1. The SMILES string of the molecule is OCCc1nc(Br)c2cccc(O)n12. The Kier molecular flexibility index (Phi) is 2.43. The Morgan fingerprint density at radius 2 is 2.21 bits per heavy atom. The maximum Gasteiger partial charge on any atom is 0.197 e.